The molecule has 0 aromatic heterocycles. The van der Waals surface area contributed by atoms with Crippen LogP contribution in [-0.4, -0.2) is 35.5 Å². The number of aliphatic carboxylic acids is 1. The first-order chi connectivity index (χ1) is 8.57. The molecule has 1 N–H and O–H groups in total. The number of hydrogen-bond donors (Lipinski definition) is 1. The molecule has 100 valence electrons. The summed E-state index contributed by atoms with van der Waals surface area (Å²) < 4.78 is 0. The lowest BCUT2D eigenvalue weighted by Crippen LogP contribution is -2.40. The summed E-state index contributed by atoms with van der Waals surface area (Å²) in [4.78, 5) is 25.0. The van der Waals surface area contributed by atoms with E-state index in [-0.39, 0.29) is 5.91 Å². The van der Waals surface area contributed by atoms with Crippen molar-refractivity contribution in [2.75, 3.05) is 13.6 Å². The molecule has 0 heterocycles. The molecule has 1 amide bonds. The van der Waals surface area contributed by atoms with Crippen molar-refractivity contribution in [2.45, 2.75) is 25.7 Å². The van der Waals surface area contributed by atoms with Gasteiger partial charge in [-0.3, -0.25) is 9.59 Å². The van der Waals surface area contributed by atoms with E-state index in [0.717, 1.165) is 12.8 Å². The Balaban J connectivity index is 2.60. The van der Waals surface area contributed by atoms with Crippen molar-refractivity contribution in [3.8, 4) is 0 Å². The van der Waals surface area contributed by atoms with E-state index in [0.29, 0.717) is 19.4 Å². The largest absolute Gasteiger partial charge is 0.481 e. The lowest BCUT2D eigenvalue weighted by molar-refractivity contribution is -0.150. The van der Waals surface area contributed by atoms with Gasteiger partial charge in [0.05, 0.1) is 11.8 Å². The molecule has 2 atom stereocenters. The molecule has 0 unspecified atom stereocenters. The summed E-state index contributed by atoms with van der Waals surface area (Å²) in [6.07, 6.45) is 8.28. The van der Waals surface area contributed by atoms with Gasteiger partial charge in [-0.15, -0.1) is 6.58 Å². The Morgan fingerprint density at radius 1 is 1.39 bits per heavy atom. The average Bonchev–Trinajstić information content (AvgIpc) is 2.38. The van der Waals surface area contributed by atoms with Crippen LogP contribution < -0.4 is 0 Å². The number of unbranched alkanes of at least 4 members (excludes halogenated alkanes) is 1. The number of carbonyl (C=O) groups excluding carboxylic acids is 1. The molecule has 1 aliphatic carbocycles. The van der Waals surface area contributed by atoms with E-state index in [2.05, 4.69) is 6.58 Å². The minimum atomic E-state index is -0.878. The monoisotopic (exact) mass is 251 g/mol. The summed E-state index contributed by atoms with van der Waals surface area (Å²) in [7, 11) is 1.74. The van der Waals surface area contributed by atoms with Gasteiger partial charge in [-0.25, -0.2) is 0 Å². The van der Waals surface area contributed by atoms with Gasteiger partial charge in [0.25, 0.3) is 0 Å². The standard InChI is InChI=1S/C14H21NO3/c1-3-4-7-10-15(2)13(16)11-8-5-6-9-12(11)14(17)18/h3,5-6,11-12H,1,4,7-10H2,2H3,(H,17,18)/t11-,12+/m1/s1. The molecule has 0 radical (unpaired) electrons. The van der Waals surface area contributed by atoms with Gasteiger partial charge < -0.3 is 10.0 Å². The summed E-state index contributed by atoms with van der Waals surface area (Å²) in [5.74, 6) is -1.93. The Bertz CT molecular complexity index is 349. The maximum Gasteiger partial charge on any atom is 0.307 e. The molecule has 0 saturated carbocycles. The first kappa shape index (κ1) is 14.5. The average molecular weight is 251 g/mol. The molecule has 18 heavy (non-hydrogen) atoms. The highest BCUT2D eigenvalue weighted by Crippen LogP contribution is 2.27. The van der Waals surface area contributed by atoms with Crippen LogP contribution in [-0.2, 0) is 9.59 Å². The van der Waals surface area contributed by atoms with Crippen LogP contribution in [0.2, 0.25) is 0 Å². The lowest BCUT2D eigenvalue weighted by Gasteiger charge is -2.28. The maximum atomic E-state index is 12.2. The van der Waals surface area contributed by atoms with Crippen molar-refractivity contribution in [1.82, 2.24) is 4.90 Å². The highest BCUT2D eigenvalue weighted by molar-refractivity contribution is 5.85. The Kier molecular flexibility index (Phi) is 5.62. The molecule has 1 aliphatic rings. The number of amides is 1. The van der Waals surface area contributed by atoms with Crippen molar-refractivity contribution in [3.63, 3.8) is 0 Å². The number of carbonyl (C=O) groups is 2. The first-order valence-corrected chi connectivity index (χ1v) is 6.31. The van der Waals surface area contributed by atoms with Crippen LogP contribution >= 0.6 is 0 Å². The highest BCUT2D eigenvalue weighted by Gasteiger charge is 2.35. The highest BCUT2D eigenvalue weighted by atomic mass is 16.4. The van der Waals surface area contributed by atoms with Gasteiger partial charge in [-0.1, -0.05) is 18.2 Å². The summed E-state index contributed by atoms with van der Waals surface area (Å²) >= 11 is 0. The van der Waals surface area contributed by atoms with Gasteiger partial charge in [0, 0.05) is 13.6 Å². The SMILES string of the molecule is C=CCCCN(C)C(=O)[C@@H]1CC=CC[C@@H]1C(=O)O. The zero-order chi connectivity index (χ0) is 13.5. The number of allylic oxidation sites excluding steroid dienone is 3. The Hall–Kier alpha value is -1.58. The number of hydrogen-bond acceptors (Lipinski definition) is 2. The first-order valence-electron chi connectivity index (χ1n) is 6.31. The summed E-state index contributed by atoms with van der Waals surface area (Å²) in [6, 6.07) is 0. The van der Waals surface area contributed by atoms with Gasteiger partial charge in [-0.2, -0.15) is 0 Å². The third-order valence-electron chi connectivity index (χ3n) is 3.34. The van der Waals surface area contributed by atoms with Crippen LogP contribution in [0.4, 0.5) is 0 Å². The van der Waals surface area contributed by atoms with Crippen molar-refractivity contribution in [2.24, 2.45) is 11.8 Å². The van der Waals surface area contributed by atoms with Crippen LogP contribution in [0.3, 0.4) is 0 Å². The smallest absolute Gasteiger partial charge is 0.307 e. The normalized spacial score (nSPS) is 22.5. The second-order valence-corrected chi connectivity index (χ2v) is 4.68. The summed E-state index contributed by atoms with van der Waals surface area (Å²) in [5.41, 5.74) is 0. The topological polar surface area (TPSA) is 57.6 Å². The Labute approximate surface area is 108 Å². The van der Waals surface area contributed by atoms with Crippen LogP contribution in [0.5, 0.6) is 0 Å². The second-order valence-electron chi connectivity index (χ2n) is 4.68. The van der Waals surface area contributed by atoms with Gasteiger partial charge >= 0.3 is 5.97 Å². The molecule has 1 rings (SSSR count). The van der Waals surface area contributed by atoms with Gasteiger partial charge in [0.2, 0.25) is 5.91 Å². The van der Waals surface area contributed by atoms with E-state index in [1.54, 1.807) is 11.9 Å². The fourth-order valence-corrected chi connectivity index (χ4v) is 2.23. The van der Waals surface area contributed by atoms with Crippen molar-refractivity contribution in [1.29, 1.82) is 0 Å². The number of carboxylic acids is 1. The minimum absolute atomic E-state index is 0.0594. The molecule has 0 aromatic rings. The fourth-order valence-electron chi connectivity index (χ4n) is 2.23. The Morgan fingerprint density at radius 3 is 2.56 bits per heavy atom. The number of carboxylic acid groups (broad SMARTS) is 1. The Morgan fingerprint density at radius 2 is 2.00 bits per heavy atom. The van der Waals surface area contributed by atoms with Crippen LogP contribution in [0.25, 0.3) is 0 Å². The molecule has 0 saturated heterocycles. The van der Waals surface area contributed by atoms with Crippen molar-refractivity contribution in [3.05, 3.63) is 24.8 Å². The summed E-state index contributed by atoms with van der Waals surface area (Å²) in [6.45, 7) is 4.29. The van der Waals surface area contributed by atoms with E-state index in [1.807, 2.05) is 18.2 Å². The van der Waals surface area contributed by atoms with E-state index >= 15 is 0 Å². The van der Waals surface area contributed by atoms with Crippen LogP contribution in [0.15, 0.2) is 24.8 Å². The predicted molar refractivity (Wildman–Crippen MR) is 70.1 cm³/mol. The van der Waals surface area contributed by atoms with Crippen LogP contribution in [0, 0.1) is 11.8 Å². The molecular formula is C14H21NO3. The number of nitrogens with zero attached hydrogens (tertiary/aromatic N) is 1. The van der Waals surface area contributed by atoms with Crippen LogP contribution in [0.1, 0.15) is 25.7 Å². The summed E-state index contributed by atoms with van der Waals surface area (Å²) in [5, 5.41) is 9.14. The van der Waals surface area contributed by atoms with Gasteiger partial charge in [0.1, 0.15) is 0 Å². The molecule has 0 spiro atoms. The molecule has 0 aromatic carbocycles. The van der Waals surface area contributed by atoms with E-state index in [4.69, 9.17) is 5.11 Å². The maximum absolute atomic E-state index is 12.2. The quantitative estimate of drug-likeness (QED) is 0.581. The molecule has 0 aliphatic heterocycles. The number of rotatable bonds is 6. The van der Waals surface area contributed by atoms with Gasteiger partial charge in [-0.05, 0) is 25.7 Å². The van der Waals surface area contributed by atoms with E-state index < -0.39 is 17.8 Å². The molecule has 4 nitrogen and oxygen atoms in total. The van der Waals surface area contributed by atoms with Crippen molar-refractivity contribution < 1.29 is 14.7 Å². The molecular weight excluding hydrogens is 230 g/mol. The molecule has 0 fully saturated rings. The van der Waals surface area contributed by atoms with E-state index in [1.165, 1.54) is 0 Å². The minimum Gasteiger partial charge on any atom is -0.481 e. The molecule has 0 bridgehead atoms. The second kappa shape index (κ2) is 6.99. The third kappa shape index (κ3) is 3.72. The zero-order valence-corrected chi connectivity index (χ0v) is 10.8. The van der Waals surface area contributed by atoms with E-state index in [9.17, 15) is 9.59 Å². The zero-order valence-electron chi connectivity index (χ0n) is 10.8. The van der Waals surface area contributed by atoms with Gasteiger partial charge in [0.15, 0.2) is 0 Å². The third-order valence-corrected chi connectivity index (χ3v) is 3.34. The fraction of sp³-hybridized carbons (Fsp3) is 0.571. The lowest BCUT2D eigenvalue weighted by atomic mass is 9.82. The predicted octanol–water partition coefficient (Wildman–Crippen LogP) is 2.08. The van der Waals surface area contributed by atoms with Crippen molar-refractivity contribution >= 4 is 11.9 Å². The molecule has 4 heteroatoms.